The number of likely N-dealkylation sites (N-methyl/N-ethyl adjacent to an activating group) is 1. The van der Waals surface area contributed by atoms with E-state index in [0.29, 0.717) is 17.9 Å². The van der Waals surface area contributed by atoms with Crippen LogP contribution in [0.1, 0.15) is 75.8 Å². The summed E-state index contributed by atoms with van der Waals surface area (Å²) in [5.41, 5.74) is 2.68. The molecule has 1 aromatic rings. The quantitative estimate of drug-likeness (QED) is 0.663. The van der Waals surface area contributed by atoms with E-state index in [2.05, 4.69) is 42.0 Å². The van der Waals surface area contributed by atoms with Crippen LogP contribution < -0.4 is 4.74 Å². The van der Waals surface area contributed by atoms with Crippen molar-refractivity contribution in [3.05, 3.63) is 29.3 Å². The summed E-state index contributed by atoms with van der Waals surface area (Å²) in [5, 5.41) is 0. The number of carbonyl (C=O) groups is 1. The third-order valence-corrected chi connectivity index (χ3v) is 9.33. The Hall–Kier alpha value is -1.55. The third kappa shape index (κ3) is 3.77. The lowest BCUT2D eigenvalue weighted by Gasteiger charge is -2.47. The molecule has 2 saturated heterocycles. The third-order valence-electron chi connectivity index (χ3n) is 9.33. The second-order valence-electron chi connectivity index (χ2n) is 11.4. The molecule has 2 aliphatic carbocycles. The fourth-order valence-electron chi connectivity index (χ4n) is 7.80. The number of carbonyl (C=O) groups excluding carboxylic acids is 1. The van der Waals surface area contributed by atoms with Gasteiger partial charge in [0.15, 0.2) is 0 Å². The largest absolute Gasteiger partial charge is 0.496 e. The van der Waals surface area contributed by atoms with Gasteiger partial charge < -0.3 is 14.5 Å². The Labute approximate surface area is 194 Å². The van der Waals surface area contributed by atoms with E-state index in [0.717, 1.165) is 57.0 Å². The van der Waals surface area contributed by atoms with Crippen molar-refractivity contribution in [2.45, 2.75) is 82.6 Å². The smallest absolute Gasteiger partial charge is 0.228 e. The van der Waals surface area contributed by atoms with Gasteiger partial charge in [-0.2, -0.15) is 0 Å². The molecule has 32 heavy (non-hydrogen) atoms. The molecular formula is C28H42N2O2. The average molecular weight is 439 g/mol. The van der Waals surface area contributed by atoms with Crippen molar-refractivity contribution in [3.63, 3.8) is 0 Å². The maximum absolute atomic E-state index is 14.4. The molecule has 1 aromatic carbocycles. The highest BCUT2D eigenvalue weighted by molar-refractivity contribution is 5.82. The molecule has 1 amide bonds. The van der Waals surface area contributed by atoms with Gasteiger partial charge in [0.05, 0.1) is 13.0 Å². The fraction of sp³-hybridized carbons (Fsp3) is 0.750. The van der Waals surface area contributed by atoms with Gasteiger partial charge >= 0.3 is 0 Å². The Balaban J connectivity index is 1.49. The van der Waals surface area contributed by atoms with Crippen LogP contribution >= 0.6 is 0 Å². The summed E-state index contributed by atoms with van der Waals surface area (Å²) in [7, 11) is 3.99. The van der Waals surface area contributed by atoms with Crippen LogP contribution in [-0.4, -0.2) is 55.5 Å². The number of hydrogen-bond acceptors (Lipinski definition) is 3. The summed E-state index contributed by atoms with van der Waals surface area (Å²) in [5.74, 6) is 2.98. The van der Waals surface area contributed by atoms with Crippen molar-refractivity contribution in [2.24, 2.45) is 17.8 Å². The van der Waals surface area contributed by atoms with E-state index < -0.39 is 0 Å². The van der Waals surface area contributed by atoms with Gasteiger partial charge in [0.1, 0.15) is 5.75 Å². The first-order chi connectivity index (χ1) is 15.5. The molecule has 1 saturated carbocycles. The highest BCUT2D eigenvalue weighted by atomic mass is 16.5. The number of nitrogens with zero attached hydrogens (tertiary/aromatic N) is 2. The summed E-state index contributed by atoms with van der Waals surface area (Å²) < 4.78 is 5.75. The first-order valence-electron chi connectivity index (χ1n) is 13.2. The zero-order chi connectivity index (χ0) is 22.3. The van der Waals surface area contributed by atoms with Crippen molar-refractivity contribution in [1.82, 2.24) is 9.80 Å². The summed E-state index contributed by atoms with van der Waals surface area (Å²) >= 11 is 0. The van der Waals surface area contributed by atoms with Crippen LogP contribution in [0.2, 0.25) is 0 Å². The highest BCUT2D eigenvalue weighted by Gasteiger charge is 2.54. The van der Waals surface area contributed by atoms with Crippen LogP contribution in [0.3, 0.4) is 0 Å². The molecule has 2 aliphatic heterocycles. The maximum atomic E-state index is 14.4. The van der Waals surface area contributed by atoms with E-state index in [-0.39, 0.29) is 11.3 Å². The zero-order valence-electron chi connectivity index (χ0n) is 20.4. The van der Waals surface area contributed by atoms with E-state index in [9.17, 15) is 4.79 Å². The monoisotopic (exact) mass is 438 g/mol. The summed E-state index contributed by atoms with van der Waals surface area (Å²) in [4.78, 5) is 19.2. The normalized spacial score (nSPS) is 34.0. The van der Waals surface area contributed by atoms with E-state index in [1.807, 2.05) is 0 Å². The van der Waals surface area contributed by atoms with Gasteiger partial charge in [0, 0.05) is 31.1 Å². The number of methoxy groups -OCH3 is 1. The molecule has 0 bridgehead atoms. The molecule has 4 nitrogen and oxygen atoms in total. The van der Waals surface area contributed by atoms with E-state index in [1.54, 1.807) is 7.11 Å². The van der Waals surface area contributed by atoms with Gasteiger partial charge in [-0.25, -0.2) is 0 Å². The van der Waals surface area contributed by atoms with Gasteiger partial charge in [-0.3, -0.25) is 4.79 Å². The number of piperidine rings is 1. The molecule has 5 rings (SSSR count). The number of ether oxygens (including phenoxy) is 1. The number of likely N-dealkylation sites (tertiary alicyclic amines) is 2. The molecule has 3 fully saturated rings. The van der Waals surface area contributed by atoms with Crippen molar-refractivity contribution in [3.8, 4) is 5.75 Å². The first-order valence-corrected chi connectivity index (χ1v) is 13.2. The standard InChI is InChI=1S/C28H42N2O2/c1-20-14-16-30(25(17-20)21-9-5-4-6-10-21)27(31)24-18-29(2)19-28(24)15-8-11-22-23(28)12-7-13-26(22)32-3/h7,12-13,20-21,24-25H,4-6,8-11,14-19H2,1-3H3/t20-,24+,25+,28+/m1/s1. The SMILES string of the molecule is COc1cccc2c1CCC[C@]21CN(C)C[C@H]1C(=O)N1CC[C@@H](C)C[C@H]1C1CCCCC1. The second-order valence-corrected chi connectivity index (χ2v) is 11.4. The maximum Gasteiger partial charge on any atom is 0.228 e. The summed E-state index contributed by atoms with van der Waals surface area (Å²) in [6, 6.07) is 6.99. The van der Waals surface area contributed by atoms with Gasteiger partial charge in [0.25, 0.3) is 0 Å². The minimum absolute atomic E-state index is 0.0614. The molecule has 176 valence electrons. The molecule has 4 heteroatoms. The number of hydrogen-bond donors (Lipinski definition) is 0. The van der Waals surface area contributed by atoms with E-state index >= 15 is 0 Å². The zero-order valence-corrected chi connectivity index (χ0v) is 20.4. The van der Waals surface area contributed by atoms with Gasteiger partial charge in [0.2, 0.25) is 5.91 Å². The minimum Gasteiger partial charge on any atom is -0.496 e. The number of rotatable bonds is 3. The Kier molecular flexibility index (Phi) is 6.26. The second kappa shape index (κ2) is 9.00. The lowest BCUT2D eigenvalue weighted by Crippen LogP contribution is -2.55. The van der Waals surface area contributed by atoms with E-state index in [4.69, 9.17) is 4.74 Å². The highest BCUT2D eigenvalue weighted by Crippen LogP contribution is 2.50. The van der Waals surface area contributed by atoms with Gasteiger partial charge in [-0.05, 0) is 81.0 Å². The van der Waals surface area contributed by atoms with Crippen molar-refractivity contribution < 1.29 is 9.53 Å². The Morgan fingerprint density at radius 1 is 1.12 bits per heavy atom. The minimum atomic E-state index is -0.0614. The number of amides is 1. The van der Waals surface area contributed by atoms with Crippen molar-refractivity contribution in [2.75, 3.05) is 33.8 Å². The summed E-state index contributed by atoms with van der Waals surface area (Å²) in [6.45, 7) is 5.23. The van der Waals surface area contributed by atoms with Gasteiger partial charge in [-0.1, -0.05) is 38.3 Å². The topological polar surface area (TPSA) is 32.8 Å². The lowest BCUT2D eigenvalue weighted by molar-refractivity contribution is -0.143. The molecule has 0 aromatic heterocycles. The van der Waals surface area contributed by atoms with Gasteiger partial charge in [-0.15, -0.1) is 0 Å². The molecule has 2 heterocycles. The molecule has 0 radical (unpaired) electrons. The van der Waals surface area contributed by atoms with Crippen molar-refractivity contribution in [1.29, 1.82) is 0 Å². The molecular weight excluding hydrogens is 396 g/mol. The summed E-state index contributed by atoms with van der Waals surface area (Å²) in [6.07, 6.45) is 12.4. The predicted molar refractivity (Wildman–Crippen MR) is 129 cm³/mol. The average Bonchev–Trinajstić information content (AvgIpc) is 3.15. The number of benzene rings is 1. The molecule has 4 aliphatic rings. The molecule has 4 atom stereocenters. The fourth-order valence-corrected chi connectivity index (χ4v) is 7.80. The Bertz CT molecular complexity index is 833. The predicted octanol–water partition coefficient (Wildman–Crippen LogP) is 5.04. The van der Waals surface area contributed by atoms with Crippen LogP contribution in [0, 0.1) is 17.8 Å². The van der Waals surface area contributed by atoms with Crippen LogP contribution in [0.15, 0.2) is 18.2 Å². The van der Waals surface area contributed by atoms with Crippen molar-refractivity contribution >= 4 is 5.91 Å². The lowest BCUT2D eigenvalue weighted by atomic mass is 9.63. The van der Waals surface area contributed by atoms with Crippen LogP contribution in [0.25, 0.3) is 0 Å². The van der Waals surface area contributed by atoms with Crippen LogP contribution in [-0.2, 0) is 16.6 Å². The number of fused-ring (bicyclic) bond motifs is 2. The molecule has 0 unspecified atom stereocenters. The molecule has 0 N–H and O–H groups in total. The van der Waals surface area contributed by atoms with Crippen LogP contribution in [0.5, 0.6) is 5.75 Å². The Morgan fingerprint density at radius 3 is 2.72 bits per heavy atom. The van der Waals surface area contributed by atoms with Crippen LogP contribution in [0.4, 0.5) is 0 Å². The molecule has 1 spiro atoms. The first kappa shape index (κ1) is 22.3. The van der Waals surface area contributed by atoms with E-state index in [1.165, 1.54) is 49.7 Å². The Morgan fingerprint density at radius 2 is 1.94 bits per heavy atom.